The second kappa shape index (κ2) is 7.84. The van der Waals surface area contributed by atoms with Crippen LogP contribution < -0.4 is 5.73 Å². The molecule has 2 N–H and O–H groups in total. The molecule has 6 nitrogen and oxygen atoms in total. The van der Waals surface area contributed by atoms with Crippen molar-refractivity contribution in [1.29, 1.82) is 0 Å². The molecule has 110 valence electrons. The minimum Gasteiger partial charge on any atom is -0.438 e. The lowest BCUT2D eigenvalue weighted by atomic mass is 10.3. The van der Waals surface area contributed by atoms with Gasteiger partial charge in [-0.3, -0.25) is 0 Å². The largest absolute Gasteiger partial charge is 0.438 e. The maximum Gasteiger partial charge on any atom is 0.221 e. The van der Waals surface area contributed by atoms with Gasteiger partial charge in [0.05, 0.1) is 18.9 Å². The summed E-state index contributed by atoms with van der Waals surface area (Å²) in [5.41, 5.74) is 7.80. The minimum absolute atomic E-state index is 0.339. The zero-order chi connectivity index (χ0) is 14.2. The average Bonchev–Trinajstić information content (AvgIpc) is 2.86. The fraction of sp³-hybridized carbons (Fsp3) is 0.500. The summed E-state index contributed by atoms with van der Waals surface area (Å²) in [6.07, 6.45) is 0.825. The quantitative estimate of drug-likeness (QED) is 0.559. The van der Waals surface area contributed by atoms with E-state index in [2.05, 4.69) is 4.98 Å². The first kappa shape index (κ1) is 14.8. The lowest BCUT2D eigenvalue weighted by Gasteiger charge is -2.03. The van der Waals surface area contributed by atoms with Crippen LogP contribution in [0.5, 0.6) is 0 Å². The number of hydrogen-bond acceptors (Lipinski definition) is 6. The van der Waals surface area contributed by atoms with Crippen LogP contribution in [0.1, 0.15) is 12.3 Å². The van der Waals surface area contributed by atoms with E-state index in [1.807, 2.05) is 12.1 Å². The number of para-hydroxylation sites is 1. The van der Waals surface area contributed by atoms with Gasteiger partial charge in [0.25, 0.3) is 0 Å². The molecule has 0 radical (unpaired) electrons. The molecule has 0 fully saturated rings. The normalized spacial score (nSPS) is 11.2. The van der Waals surface area contributed by atoms with E-state index in [9.17, 15) is 0 Å². The van der Waals surface area contributed by atoms with Crippen molar-refractivity contribution in [3.63, 3.8) is 0 Å². The van der Waals surface area contributed by atoms with Gasteiger partial charge in [-0.2, -0.15) is 0 Å². The Morgan fingerprint density at radius 3 is 2.80 bits per heavy atom. The van der Waals surface area contributed by atoms with Gasteiger partial charge in [0.1, 0.15) is 12.1 Å². The third-order valence-corrected chi connectivity index (χ3v) is 2.73. The number of aromatic nitrogens is 1. The molecule has 1 heterocycles. The van der Waals surface area contributed by atoms with Crippen molar-refractivity contribution in [3.05, 3.63) is 24.1 Å². The summed E-state index contributed by atoms with van der Waals surface area (Å²) < 4.78 is 21.2. The summed E-state index contributed by atoms with van der Waals surface area (Å²) in [5, 5.41) is 0. The molecule has 6 heteroatoms. The van der Waals surface area contributed by atoms with E-state index in [0.29, 0.717) is 55.7 Å². The number of anilines is 1. The maximum absolute atomic E-state index is 5.81. The molecule has 2 rings (SSSR count). The first-order valence-electron chi connectivity index (χ1n) is 6.59. The van der Waals surface area contributed by atoms with Crippen molar-refractivity contribution in [2.24, 2.45) is 0 Å². The van der Waals surface area contributed by atoms with Gasteiger partial charge < -0.3 is 24.4 Å². The second-order valence-electron chi connectivity index (χ2n) is 4.31. The van der Waals surface area contributed by atoms with Gasteiger partial charge >= 0.3 is 0 Å². The van der Waals surface area contributed by atoms with E-state index >= 15 is 0 Å². The predicted octanol–water partition coefficient (Wildman–Crippen LogP) is 1.98. The first-order chi connectivity index (χ1) is 9.81. The number of nitrogens with zero attached hydrogens (tertiary/aromatic N) is 1. The van der Waals surface area contributed by atoms with Gasteiger partial charge in [0, 0.05) is 20.3 Å². The van der Waals surface area contributed by atoms with E-state index in [1.54, 1.807) is 13.2 Å². The highest BCUT2D eigenvalue weighted by molar-refractivity contribution is 5.85. The fourth-order valence-electron chi connectivity index (χ4n) is 1.74. The second-order valence-corrected chi connectivity index (χ2v) is 4.31. The van der Waals surface area contributed by atoms with Crippen molar-refractivity contribution in [2.75, 3.05) is 39.3 Å². The number of fused-ring (bicyclic) bond motifs is 1. The summed E-state index contributed by atoms with van der Waals surface area (Å²) in [5.74, 6) is 0.540. The van der Waals surface area contributed by atoms with E-state index in [-0.39, 0.29) is 0 Å². The Morgan fingerprint density at radius 1 is 1.15 bits per heavy atom. The molecular formula is C14H20N2O4. The number of nitrogens with two attached hydrogens (primary N) is 1. The van der Waals surface area contributed by atoms with Crippen LogP contribution in [0.2, 0.25) is 0 Å². The number of oxazole rings is 1. The van der Waals surface area contributed by atoms with Crippen molar-refractivity contribution < 1.29 is 18.6 Å². The van der Waals surface area contributed by atoms with E-state index in [1.165, 1.54) is 0 Å². The van der Waals surface area contributed by atoms with Crippen LogP contribution in [0.25, 0.3) is 11.1 Å². The Morgan fingerprint density at radius 2 is 2.00 bits per heavy atom. The van der Waals surface area contributed by atoms with Crippen LogP contribution in [0, 0.1) is 0 Å². The van der Waals surface area contributed by atoms with Crippen LogP contribution in [0.15, 0.2) is 22.6 Å². The molecule has 0 aliphatic carbocycles. The molecule has 0 amide bonds. The highest BCUT2D eigenvalue weighted by Crippen LogP contribution is 2.21. The van der Waals surface area contributed by atoms with E-state index < -0.39 is 0 Å². The zero-order valence-corrected chi connectivity index (χ0v) is 11.6. The molecule has 0 unspecified atom stereocenters. The molecule has 0 atom stereocenters. The lowest BCUT2D eigenvalue weighted by Crippen LogP contribution is -2.05. The maximum atomic E-state index is 5.81. The van der Waals surface area contributed by atoms with E-state index in [4.69, 9.17) is 24.4 Å². The number of rotatable bonds is 9. The van der Waals surface area contributed by atoms with Crippen molar-refractivity contribution >= 4 is 16.8 Å². The Bertz CT molecular complexity index is 527. The van der Waals surface area contributed by atoms with Crippen molar-refractivity contribution in [3.8, 4) is 0 Å². The van der Waals surface area contributed by atoms with Gasteiger partial charge in [0.2, 0.25) is 5.89 Å². The Balaban J connectivity index is 1.67. The number of hydrogen-bond donors (Lipinski definition) is 1. The van der Waals surface area contributed by atoms with Crippen LogP contribution in [-0.4, -0.2) is 38.5 Å². The summed E-state index contributed by atoms with van der Waals surface area (Å²) in [6, 6.07) is 5.48. The summed E-state index contributed by atoms with van der Waals surface area (Å²) >= 11 is 0. The van der Waals surface area contributed by atoms with Gasteiger partial charge in [0.15, 0.2) is 5.58 Å². The SMILES string of the molecule is COCCOCCCOCc1nc2c(N)cccc2o1. The predicted molar refractivity (Wildman–Crippen MR) is 75.4 cm³/mol. The average molecular weight is 280 g/mol. The molecule has 0 spiro atoms. The van der Waals surface area contributed by atoms with Crippen LogP contribution >= 0.6 is 0 Å². The minimum atomic E-state index is 0.339. The molecule has 2 aromatic rings. The molecule has 0 aliphatic rings. The molecule has 20 heavy (non-hydrogen) atoms. The van der Waals surface area contributed by atoms with Gasteiger partial charge in [-0.1, -0.05) is 6.07 Å². The smallest absolute Gasteiger partial charge is 0.221 e. The standard InChI is InChI=1S/C14H20N2O4/c1-17-8-9-18-6-3-7-19-10-13-16-14-11(15)4-2-5-12(14)20-13/h2,4-5H,3,6-10,15H2,1H3. The highest BCUT2D eigenvalue weighted by atomic mass is 16.5. The monoisotopic (exact) mass is 280 g/mol. The van der Waals surface area contributed by atoms with Gasteiger partial charge in [-0.05, 0) is 18.6 Å². The third kappa shape index (κ3) is 4.19. The summed E-state index contributed by atoms with van der Waals surface area (Å²) in [7, 11) is 1.65. The molecule has 0 aliphatic heterocycles. The Hall–Kier alpha value is -1.63. The van der Waals surface area contributed by atoms with Crippen LogP contribution in [0.3, 0.4) is 0 Å². The third-order valence-electron chi connectivity index (χ3n) is 2.73. The van der Waals surface area contributed by atoms with E-state index in [0.717, 1.165) is 6.42 Å². The molecule has 0 saturated carbocycles. The lowest BCUT2D eigenvalue weighted by molar-refractivity contribution is 0.0447. The number of nitrogen functional groups attached to an aromatic ring is 1. The molecule has 1 aromatic heterocycles. The Labute approximate surface area is 117 Å². The summed E-state index contributed by atoms with van der Waals surface area (Å²) in [4.78, 5) is 4.31. The zero-order valence-electron chi connectivity index (χ0n) is 11.6. The Kier molecular flexibility index (Phi) is 5.79. The number of benzene rings is 1. The number of methoxy groups -OCH3 is 1. The van der Waals surface area contributed by atoms with Crippen LogP contribution in [0.4, 0.5) is 5.69 Å². The highest BCUT2D eigenvalue weighted by Gasteiger charge is 2.07. The van der Waals surface area contributed by atoms with Gasteiger partial charge in [-0.15, -0.1) is 0 Å². The van der Waals surface area contributed by atoms with Crippen molar-refractivity contribution in [1.82, 2.24) is 4.98 Å². The number of ether oxygens (including phenoxy) is 3. The molecule has 1 aromatic carbocycles. The topological polar surface area (TPSA) is 79.7 Å². The van der Waals surface area contributed by atoms with Crippen LogP contribution in [-0.2, 0) is 20.8 Å². The summed E-state index contributed by atoms with van der Waals surface area (Å²) in [6.45, 7) is 2.82. The van der Waals surface area contributed by atoms with Crippen molar-refractivity contribution in [2.45, 2.75) is 13.0 Å². The fourth-order valence-corrected chi connectivity index (χ4v) is 1.74. The first-order valence-corrected chi connectivity index (χ1v) is 6.59. The molecule has 0 bridgehead atoms. The molecular weight excluding hydrogens is 260 g/mol. The van der Waals surface area contributed by atoms with Gasteiger partial charge in [-0.25, -0.2) is 4.98 Å². The molecule has 0 saturated heterocycles.